The van der Waals surface area contributed by atoms with E-state index in [-0.39, 0.29) is 36.3 Å². The second kappa shape index (κ2) is 8.60. The molecular formula is C16H23ClN4O2S. The normalized spacial score (nSPS) is 20.5. The molecule has 1 aliphatic carbocycles. The van der Waals surface area contributed by atoms with Crippen LogP contribution in [0, 0.1) is 5.92 Å². The van der Waals surface area contributed by atoms with E-state index < -0.39 is 0 Å². The van der Waals surface area contributed by atoms with Crippen molar-refractivity contribution in [1.82, 2.24) is 14.9 Å². The predicted octanol–water partition coefficient (Wildman–Crippen LogP) is 1.90. The fraction of sp³-hybridized carbons (Fsp3) is 0.562. The number of amides is 1. The first kappa shape index (κ1) is 18.9. The molecule has 3 N–H and O–H groups in total. The Morgan fingerprint density at radius 2 is 2.21 bits per heavy atom. The third-order valence-corrected chi connectivity index (χ3v) is 5.41. The molecule has 6 nitrogen and oxygen atoms in total. The number of nitrogens with one attached hydrogen (secondary N) is 1. The molecular weight excluding hydrogens is 348 g/mol. The molecule has 0 spiro atoms. The molecule has 1 fully saturated rings. The molecule has 24 heavy (non-hydrogen) atoms. The van der Waals surface area contributed by atoms with E-state index >= 15 is 0 Å². The van der Waals surface area contributed by atoms with Crippen LogP contribution in [-0.2, 0) is 11.3 Å². The van der Waals surface area contributed by atoms with Gasteiger partial charge in [0.1, 0.15) is 4.83 Å². The molecule has 0 aliphatic heterocycles. The van der Waals surface area contributed by atoms with Gasteiger partial charge in [0.05, 0.1) is 11.7 Å². The average Bonchev–Trinajstić information content (AvgIpc) is 3.04. The maximum absolute atomic E-state index is 12.3. The van der Waals surface area contributed by atoms with Crippen LogP contribution in [0.15, 0.2) is 22.6 Å². The van der Waals surface area contributed by atoms with Crippen LogP contribution in [0.4, 0.5) is 0 Å². The summed E-state index contributed by atoms with van der Waals surface area (Å²) in [6.07, 6.45) is 6.22. The first-order chi connectivity index (χ1) is 11.2. The Kier molecular flexibility index (Phi) is 6.77. The van der Waals surface area contributed by atoms with Gasteiger partial charge in [0.25, 0.3) is 5.56 Å². The van der Waals surface area contributed by atoms with Gasteiger partial charge < -0.3 is 11.1 Å². The number of nitrogens with zero attached hydrogens (tertiary/aromatic N) is 2. The van der Waals surface area contributed by atoms with Gasteiger partial charge in [-0.15, -0.1) is 23.7 Å². The number of aryl methyl sites for hydroxylation is 1. The molecule has 1 amide bonds. The topological polar surface area (TPSA) is 90.0 Å². The van der Waals surface area contributed by atoms with Crippen molar-refractivity contribution < 1.29 is 4.79 Å². The summed E-state index contributed by atoms with van der Waals surface area (Å²) in [7, 11) is 0. The van der Waals surface area contributed by atoms with Crippen molar-refractivity contribution in [3.8, 4) is 0 Å². The van der Waals surface area contributed by atoms with Crippen molar-refractivity contribution in [3.05, 3.63) is 28.1 Å². The fourth-order valence-electron chi connectivity index (χ4n) is 3.23. The number of fused-ring (bicyclic) bond motifs is 1. The van der Waals surface area contributed by atoms with Gasteiger partial charge in [0.2, 0.25) is 5.91 Å². The van der Waals surface area contributed by atoms with Crippen molar-refractivity contribution in [1.29, 1.82) is 0 Å². The molecule has 0 radical (unpaired) electrons. The lowest BCUT2D eigenvalue weighted by atomic mass is 9.84. The summed E-state index contributed by atoms with van der Waals surface area (Å²) >= 11 is 1.45. The van der Waals surface area contributed by atoms with Gasteiger partial charge in [-0.05, 0) is 36.8 Å². The molecule has 0 bridgehead atoms. The highest BCUT2D eigenvalue weighted by Crippen LogP contribution is 2.23. The molecule has 8 heteroatoms. The monoisotopic (exact) mass is 370 g/mol. The second-order valence-corrected chi connectivity index (χ2v) is 6.98. The fourth-order valence-corrected chi connectivity index (χ4v) is 3.96. The average molecular weight is 371 g/mol. The number of hydrogen-bond acceptors (Lipinski definition) is 5. The largest absolute Gasteiger partial charge is 0.353 e. The van der Waals surface area contributed by atoms with Crippen molar-refractivity contribution in [2.45, 2.75) is 44.7 Å². The quantitative estimate of drug-likeness (QED) is 0.841. The lowest BCUT2D eigenvalue weighted by Crippen LogP contribution is -2.45. The molecule has 2 heterocycles. The van der Waals surface area contributed by atoms with Crippen LogP contribution in [-0.4, -0.2) is 28.0 Å². The van der Waals surface area contributed by atoms with Gasteiger partial charge in [-0.3, -0.25) is 14.2 Å². The van der Waals surface area contributed by atoms with E-state index in [2.05, 4.69) is 10.3 Å². The lowest BCUT2D eigenvalue weighted by molar-refractivity contribution is -0.122. The molecule has 0 saturated heterocycles. The Morgan fingerprint density at radius 1 is 1.42 bits per heavy atom. The Labute approximate surface area is 150 Å². The summed E-state index contributed by atoms with van der Waals surface area (Å²) in [6.45, 7) is 0.965. The minimum Gasteiger partial charge on any atom is -0.353 e. The second-order valence-electron chi connectivity index (χ2n) is 6.09. The molecule has 2 atom stereocenters. The summed E-state index contributed by atoms with van der Waals surface area (Å²) in [5.74, 6) is 0.354. The van der Waals surface area contributed by atoms with Crippen LogP contribution in [0.3, 0.4) is 0 Å². The molecule has 2 aromatic heterocycles. The Morgan fingerprint density at radius 3 is 3.00 bits per heavy atom. The maximum atomic E-state index is 12.3. The number of rotatable bonds is 5. The highest BCUT2D eigenvalue weighted by molar-refractivity contribution is 7.16. The molecule has 3 rings (SSSR count). The summed E-state index contributed by atoms with van der Waals surface area (Å²) in [5.41, 5.74) is 5.71. The first-order valence-corrected chi connectivity index (χ1v) is 8.99. The summed E-state index contributed by atoms with van der Waals surface area (Å²) in [4.78, 5) is 29.5. The van der Waals surface area contributed by atoms with Crippen LogP contribution in [0.25, 0.3) is 10.2 Å². The van der Waals surface area contributed by atoms with Crippen molar-refractivity contribution in [2.75, 3.05) is 6.54 Å². The number of carbonyl (C=O) groups excluding carboxylic acids is 1. The summed E-state index contributed by atoms with van der Waals surface area (Å²) in [5, 5.41) is 5.56. The van der Waals surface area contributed by atoms with E-state index in [0.717, 1.165) is 24.1 Å². The lowest BCUT2D eigenvalue weighted by Gasteiger charge is -2.31. The van der Waals surface area contributed by atoms with E-state index in [1.807, 2.05) is 5.38 Å². The van der Waals surface area contributed by atoms with E-state index in [1.165, 1.54) is 28.7 Å². The zero-order chi connectivity index (χ0) is 16.2. The molecule has 2 unspecified atom stereocenters. The number of halogens is 1. The number of aromatic nitrogens is 2. The molecule has 0 aromatic carbocycles. The number of nitrogens with two attached hydrogens (primary N) is 1. The molecule has 2 aromatic rings. The highest BCUT2D eigenvalue weighted by Gasteiger charge is 2.25. The van der Waals surface area contributed by atoms with E-state index in [1.54, 1.807) is 6.07 Å². The van der Waals surface area contributed by atoms with Crippen LogP contribution < -0.4 is 16.6 Å². The van der Waals surface area contributed by atoms with Crippen LogP contribution in [0.2, 0.25) is 0 Å². The van der Waals surface area contributed by atoms with Crippen molar-refractivity contribution >= 4 is 39.9 Å². The number of hydrogen-bond donors (Lipinski definition) is 2. The third kappa shape index (κ3) is 4.15. The Bertz CT molecular complexity index is 745. The van der Waals surface area contributed by atoms with Gasteiger partial charge in [-0.25, -0.2) is 4.98 Å². The Hall–Kier alpha value is -1.44. The van der Waals surface area contributed by atoms with Gasteiger partial charge in [-0.2, -0.15) is 0 Å². The van der Waals surface area contributed by atoms with Crippen molar-refractivity contribution in [2.24, 2.45) is 11.7 Å². The first-order valence-electron chi connectivity index (χ1n) is 8.11. The third-order valence-electron chi connectivity index (χ3n) is 4.59. The molecule has 1 saturated carbocycles. The SMILES string of the molecule is Cl.NCC1CCCCC1NC(=O)CCn1cnc2sccc2c1=O. The van der Waals surface area contributed by atoms with Gasteiger partial charge in [0, 0.05) is 19.0 Å². The Balaban J connectivity index is 0.00000208. The smallest absolute Gasteiger partial charge is 0.262 e. The zero-order valence-corrected chi connectivity index (χ0v) is 15.1. The van der Waals surface area contributed by atoms with Gasteiger partial charge in [0.15, 0.2) is 0 Å². The highest BCUT2D eigenvalue weighted by atomic mass is 35.5. The molecule has 132 valence electrons. The summed E-state index contributed by atoms with van der Waals surface area (Å²) < 4.78 is 1.51. The number of thiophene rings is 1. The summed E-state index contributed by atoms with van der Waals surface area (Å²) in [6, 6.07) is 1.95. The minimum absolute atomic E-state index is 0. The standard InChI is InChI=1S/C16H22N4O2S.ClH/c17-9-11-3-1-2-4-13(11)19-14(21)5-7-20-10-18-15-12(16(20)22)6-8-23-15;/h6,8,10-11,13H,1-5,7,9,17H2,(H,19,21);1H. The zero-order valence-electron chi connectivity index (χ0n) is 13.4. The van der Waals surface area contributed by atoms with Crippen molar-refractivity contribution in [3.63, 3.8) is 0 Å². The number of carbonyl (C=O) groups is 1. The van der Waals surface area contributed by atoms with E-state index in [0.29, 0.717) is 24.4 Å². The van der Waals surface area contributed by atoms with E-state index in [4.69, 9.17) is 5.73 Å². The van der Waals surface area contributed by atoms with Gasteiger partial charge in [-0.1, -0.05) is 12.8 Å². The van der Waals surface area contributed by atoms with Crippen LogP contribution in [0.5, 0.6) is 0 Å². The maximum Gasteiger partial charge on any atom is 0.262 e. The van der Waals surface area contributed by atoms with E-state index in [9.17, 15) is 9.59 Å². The predicted molar refractivity (Wildman–Crippen MR) is 98.7 cm³/mol. The van der Waals surface area contributed by atoms with Gasteiger partial charge >= 0.3 is 0 Å². The van der Waals surface area contributed by atoms with Crippen LogP contribution >= 0.6 is 23.7 Å². The molecule has 1 aliphatic rings. The van der Waals surface area contributed by atoms with Crippen LogP contribution in [0.1, 0.15) is 32.1 Å². The minimum atomic E-state index is -0.0819.